The summed E-state index contributed by atoms with van der Waals surface area (Å²) >= 11 is 3.18. The van der Waals surface area contributed by atoms with E-state index < -0.39 is 5.97 Å². The van der Waals surface area contributed by atoms with Crippen molar-refractivity contribution in [1.29, 1.82) is 0 Å². The van der Waals surface area contributed by atoms with Crippen molar-refractivity contribution in [3.63, 3.8) is 0 Å². The number of carboxylic acids is 1. The maximum atomic E-state index is 12.3. The summed E-state index contributed by atoms with van der Waals surface area (Å²) in [6.45, 7) is 2.39. The molecule has 98 valence electrons. The number of nitrogens with zero attached hydrogens (tertiary/aromatic N) is 1. The van der Waals surface area contributed by atoms with Crippen molar-refractivity contribution < 1.29 is 19.1 Å². The Morgan fingerprint density at radius 2 is 2.33 bits per heavy atom. The number of rotatable bonds is 3. The summed E-state index contributed by atoms with van der Waals surface area (Å²) in [4.78, 5) is 24.7. The molecule has 1 aromatic heterocycles. The van der Waals surface area contributed by atoms with Gasteiger partial charge in [0.15, 0.2) is 10.4 Å². The Morgan fingerprint density at radius 1 is 1.61 bits per heavy atom. The molecular weight excluding hydrogens is 302 g/mol. The van der Waals surface area contributed by atoms with E-state index >= 15 is 0 Å². The van der Waals surface area contributed by atoms with Crippen LogP contribution in [-0.4, -0.2) is 34.5 Å². The van der Waals surface area contributed by atoms with Gasteiger partial charge in [0.25, 0.3) is 5.91 Å². The van der Waals surface area contributed by atoms with Crippen LogP contribution >= 0.6 is 15.9 Å². The van der Waals surface area contributed by atoms with Gasteiger partial charge < -0.3 is 14.4 Å². The zero-order valence-corrected chi connectivity index (χ0v) is 11.6. The van der Waals surface area contributed by atoms with Gasteiger partial charge in [-0.2, -0.15) is 0 Å². The maximum absolute atomic E-state index is 12.3. The third kappa shape index (κ3) is 2.58. The normalized spacial score (nSPS) is 19.2. The van der Waals surface area contributed by atoms with Gasteiger partial charge in [-0.25, -0.2) is 0 Å². The molecule has 1 saturated heterocycles. The van der Waals surface area contributed by atoms with E-state index in [4.69, 9.17) is 9.52 Å². The van der Waals surface area contributed by atoms with Gasteiger partial charge >= 0.3 is 5.97 Å². The van der Waals surface area contributed by atoms with Crippen LogP contribution in [0.4, 0.5) is 0 Å². The summed E-state index contributed by atoms with van der Waals surface area (Å²) in [5, 5.41) is 8.83. The minimum absolute atomic E-state index is 0.00728. The monoisotopic (exact) mass is 315 g/mol. The van der Waals surface area contributed by atoms with E-state index in [0.717, 1.165) is 18.4 Å². The lowest BCUT2D eigenvalue weighted by atomic mass is 10.1. The third-order valence-electron chi connectivity index (χ3n) is 3.13. The number of carboxylic acid groups (broad SMARTS) is 1. The first kappa shape index (κ1) is 13.1. The van der Waals surface area contributed by atoms with E-state index in [-0.39, 0.29) is 18.4 Å². The molecular formula is C12H14BrNO4. The molecule has 18 heavy (non-hydrogen) atoms. The molecule has 2 rings (SSSR count). The Balaban J connectivity index is 2.17. The van der Waals surface area contributed by atoms with E-state index in [9.17, 15) is 9.59 Å². The van der Waals surface area contributed by atoms with Gasteiger partial charge in [0.2, 0.25) is 0 Å². The third-order valence-corrected chi connectivity index (χ3v) is 3.52. The van der Waals surface area contributed by atoms with Crippen LogP contribution in [0.15, 0.2) is 15.2 Å². The highest BCUT2D eigenvalue weighted by Gasteiger charge is 2.33. The van der Waals surface area contributed by atoms with Crippen LogP contribution in [-0.2, 0) is 4.79 Å². The van der Waals surface area contributed by atoms with Gasteiger partial charge in [-0.3, -0.25) is 9.59 Å². The highest BCUT2D eigenvalue weighted by atomic mass is 79.9. The Kier molecular flexibility index (Phi) is 3.75. The van der Waals surface area contributed by atoms with Crippen molar-refractivity contribution in [2.45, 2.75) is 32.2 Å². The first-order valence-electron chi connectivity index (χ1n) is 5.77. The first-order chi connectivity index (χ1) is 8.49. The Morgan fingerprint density at radius 3 is 2.89 bits per heavy atom. The number of aliphatic carboxylic acids is 1. The van der Waals surface area contributed by atoms with Crippen LogP contribution in [0.25, 0.3) is 0 Å². The lowest BCUT2D eigenvalue weighted by Crippen LogP contribution is -2.36. The topological polar surface area (TPSA) is 70.8 Å². The van der Waals surface area contributed by atoms with Crippen LogP contribution in [0.3, 0.4) is 0 Å². The lowest BCUT2D eigenvalue weighted by Gasteiger charge is -2.22. The van der Waals surface area contributed by atoms with Gasteiger partial charge in [0, 0.05) is 18.2 Å². The average Bonchev–Trinajstić information content (AvgIpc) is 2.83. The van der Waals surface area contributed by atoms with Gasteiger partial charge in [0.1, 0.15) is 0 Å². The predicted molar refractivity (Wildman–Crippen MR) is 67.5 cm³/mol. The summed E-state index contributed by atoms with van der Waals surface area (Å²) in [6, 6.07) is 1.51. The van der Waals surface area contributed by atoms with Crippen molar-refractivity contribution >= 4 is 27.8 Å². The summed E-state index contributed by atoms with van der Waals surface area (Å²) in [6.07, 6.45) is 1.57. The molecule has 1 aromatic rings. The molecule has 1 fully saturated rings. The number of aryl methyl sites for hydroxylation is 1. The van der Waals surface area contributed by atoms with Crippen LogP contribution in [0.2, 0.25) is 0 Å². The van der Waals surface area contributed by atoms with Crippen molar-refractivity contribution in [3.8, 4) is 0 Å². The molecule has 0 radical (unpaired) electrons. The molecule has 5 nitrogen and oxygen atoms in total. The van der Waals surface area contributed by atoms with Crippen molar-refractivity contribution in [3.05, 3.63) is 22.1 Å². The Bertz CT molecular complexity index is 482. The smallest absolute Gasteiger partial charge is 0.305 e. The summed E-state index contributed by atoms with van der Waals surface area (Å²) < 4.78 is 5.83. The van der Waals surface area contributed by atoms with Crippen LogP contribution < -0.4 is 0 Å². The molecule has 0 bridgehead atoms. The second kappa shape index (κ2) is 5.14. The summed E-state index contributed by atoms with van der Waals surface area (Å²) in [5.41, 5.74) is 0.757. The number of halogens is 1. The molecule has 1 unspecified atom stereocenters. The minimum Gasteiger partial charge on any atom is -0.481 e. The maximum Gasteiger partial charge on any atom is 0.305 e. The number of carbonyl (C=O) groups excluding carboxylic acids is 1. The van der Waals surface area contributed by atoms with Gasteiger partial charge in [-0.05, 0) is 41.8 Å². The summed E-state index contributed by atoms with van der Waals surface area (Å²) in [5.74, 6) is -0.807. The van der Waals surface area contributed by atoms with E-state index in [1.165, 1.54) is 0 Å². The average molecular weight is 316 g/mol. The highest BCUT2D eigenvalue weighted by molar-refractivity contribution is 9.10. The Labute approximate surface area is 113 Å². The fourth-order valence-corrected chi connectivity index (χ4v) is 2.81. The van der Waals surface area contributed by atoms with Crippen LogP contribution in [0.5, 0.6) is 0 Å². The molecule has 0 aromatic carbocycles. The summed E-state index contributed by atoms with van der Waals surface area (Å²) in [7, 11) is 0. The number of carbonyl (C=O) groups is 2. The largest absolute Gasteiger partial charge is 0.481 e. The quantitative estimate of drug-likeness (QED) is 0.930. The van der Waals surface area contributed by atoms with E-state index in [1.54, 1.807) is 17.9 Å². The van der Waals surface area contributed by atoms with E-state index in [0.29, 0.717) is 17.0 Å². The molecule has 1 amide bonds. The predicted octanol–water partition coefficient (Wildman–Crippen LogP) is 2.43. The van der Waals surface area contributed by atoms with Gasteiger partial charge in [0.05, 0.1) is 6.42 Å². The molecule has 0 spiro atoms. The number of amides is 1. The molecule has 1 N–H and O–H groups in total. The standard InChI is InChI=1S/C12H14BrNO4/c1-7-5-9(13)18-11(7)12(17)14-4-2-3-8(14)6-10(15)16/h5,8H,2-4,6H2,1H3,(H,15,16). The number of hydrogen-bond donors (Lipinski definition) is 1. The number of hydrogen-bond acceptors (Lipinski definition) is 3. The first-order valence-corrected chi connectivity index (χ1v) is 6.57. The molecule has 1 aliphatic rings. The molecule has 0 saturated carbocycles. The van der Waals surface area contributed by atoms with Crippen molar-refractivity contribution in [1.82, 2.24) is 4.90 Å². The minimum atomic E-state index is -0.878. The van der Waals surface area contributed by atoms with E-state index in [1.807, 2.05) is 0 Å². The molecule has 2 heterocycles. The molecule has 0 aliphatic carbocycles. The van der Waals surface area contributed by atoms with Gasteiger partial charge in [-0.15, -0.1) is 0 Å². The molecule has 1 atom stereocenters. The van der Waals surface area contributed by atoms with Crippen LogP contribution in [0.1, 0.15) is 35.4 Å². The zero-order valence-electron chi connectivity index (χ0n) is 9.98. The van der Waals surface area contributed by atoms with Gasteiger partial charge in [-0.1, -0.05) is 0 Å². The van der Waals surface area contributed by atoms with Crippen molar-refractivity contribution in [2.24, 2.45) is 0 Å². The fourth-order valence-electron chi connectivity index (χ4n) is 2.30. The van der Waals surface area contributed by atoms with Crippen molar-refractivity contribution in [2.75, 3.05) is 6.54 Å². The molecule has 1 aliphatic heterocycles. The zero-order chi connectivity index (χ0) is 13.3. The second-order valence-corrected chi connectivity index (χ2v) is 5.24. The Hall–Kier alpha value is -1.30. The lowest BCUT2D eigenvalue weighted by molar-refractivity contribution is -0.137. The number of furan rings is 1. The molecule has 6 heteroatoms. The van der Waals surface area contributed by atoms with E-state index in [2.05, 4.69) is 15.9 Å². The fraction of sp³-hybridized carbons (Fsp3) is 0.500. The highest BCUT2D eigenvalue weighted by Crippen LogP contribution is 2.26. The number of likely N-dealkylation sites (tertiary alicyclic amines) is 1. The SMILES string of the molecule is Cc1cc(Br)oc1C(=O)N1CCCC1CC(=O)O. The second-order valence-electron chi connectivity index (χ2n) is 4.46. The van der Waals surface area contributed by atoms with Crippen LogP contribution in [0, 0.1) is 6.92 Å².